The van der Waals surface area contributed by atoms with Crippen molar-refractivity contribution in [1.82, 2.24) is 5.23 Å². The molecule has 0 aromatic heterocycles. The molecular weight excluding hydrogens is 269 g/mol. The van der Waals surface area contributed by atoms with Crippen LogP contribution in [0.25, 0.3) is 0 Å². The molecule has 1 aliphatic rings. The Morgan fingerprint density at radius 1 is 1.10 bits per heavy atom. The normalized spacial score (nSPS) is 21.9. The first kappa shape index (κ1) is 16.5. The highest BCUT2D eigenvalue weighted by atomic mass is 16.6. The van der Waals surface area contributed by atoms with Crippen LogP contribution in [0.1, 0.15) is 11.6 Å². The lowest BCUT2D eigenvalue weighted by Crippen LogP contribution is -2.28. The molecule has 1 saturated heterocycles. The van der Waals surface area contributed by atoms with Crippen molar-refractivity contribution < 1.29 is 18.9 Å². The first-order chi connectivity index (χ1) is 10.3. The maximum atomic E-state index is 5.88. The average Bonchev–Trinajstić information content (AvgIpc) is 2.88. The second-order valence-electron chi connectivity index (χ2n) is 5.05. The standard InChI is InChI=1S/C15H24BNO4/c1-16-17-15(13-6-4-3-5-7-13)14(21-16)12-20-11-10-19-9-8-18-2/h3-7,14-15,17H,8-12H2,1-2H3/t14-,15+/m0/s1. The van der Waals surface area contributed by atoms with Crippen molar-refractivity contribution in [3.63, 3.8) is 0 Å². The molecule has 1 aliphatic heterocycles. The van der Waals surface area contributed by atoms with E-state index < -0.39 is 0 Å². The van der Waals surface area contributed by atoms with Crippen molar-refractivity contribution in [2.75, 3.05) is 40.1 Å². The van der Waals surface area contributed by atoms with Gasteiger partial charge in [-0.05, 0) is 12.4 Å². The Morgan fingerprint density at radius 2 is 1.81 bits per heavy atom. The summed E-state index contributed by atoms with van der Waals surface area (Å²) in [5.41, 5.74) is 1.23. The molecule has 2 rings (SSSR count). The van der Waals surface area contributed by atoms with Crippen molar-refractivity contribution in [1.29, 1.82) is 0 Å². The second-order valence-corrected chi connectivity index (χ2v) is 5.05. The molecule has 1 heterocycles. The summed E-state index contributed by atoms with van der Waals surface area (Å²) in [6.45, 7) is 4.94. The minimum Gasteiger partial charge on any atom is -0.414 e. The summed E-state index contributed by atoms with van der Waals surface area (Å²) in [6.07, 6.45) is 0.0291. The molecule has 1 N–H and O–H groups in total. The zero-order chi connectivity index (χ0) is 14.9. The third-order valence-corrected chi connectivity index (χ3v) is 3.41. The Morgan fingerprint density at radius 3 is 2.57 bits per heavy atom. The van der Waals surface area contributed by atoms with Crippen molar-refractivity contribution in [3.05, 3.63) is 35.9 Å². The Balaban J connectivity index is 1.71. The van der Waals surface area contributed by atoms with E-state index in [1.54, 1.807) is 7.11 Å². The molecule has 0 saturated carbocycles. The van der Waals surface area contributed by atoms with Crippen molar-refractivity contribution >= 4 is 7.05 Å². The van der Waals surface area contributed by atoms with Crippen LogP contribution in [0.2, 0.25) is 6.82 Å². The average molecular weight is 293 g/mol. The van der Waals surface area contributed by atoms with E-state index >= 15 is 0 Å². The molecule has 1 aromatic rings. The van der Waals surface area contributed by atoms with Crippen molar-refractivity contribution in [2.45, 2.75) is 19.0 Å². The molecule has 0 bridgehead atoms. The van der Waals surface area contributed by atoms with Gasteiger partial charge in [-0.15, -0.1) is 0 Å². The van der Waals surface area contributed by atoms with E-state index in [0.717, 1.165) is 0 Å². The third kappa shape index (κ3) is 5.41. The van der Waals surface area contributed by atoms with E-state index in [-0.39, 0.29) is 19.2 Å². The number of ether oxygens (including phenoxy) is 3. The maximum Gasteiger partial charge on any atom is 0.377 e. The Hall–Kier alpha value is -0.915. The van der Waals surface area contributed by atoms with Gasteiger partial charge in [0.2, 0.25) is 0 Å². The monoisotopic (exact) mass is 293 g/mol. The van der Waals surface area contributed by atoms with Gasteiger partial charge in [-0.1, -0.05) is 30.3 Å². The van der Waals surface area contributed by atoms with Gasteiger partial charge in [0.1, 0.15) is 0 Å². The number of hydrogen-bond donors (Lipinski definition) is 1. The first-order valence-corrected chi connectivity index (χ1v) is 7.42. The van der Waals surface area contributed by atoms with E-state index in [1.165, 1.54) is 5.56 Å². The first-order valence-electron chi connectivity index (χ1n) is 7.42. The number of nitrogens with one attached hydrogen (secondary N) is 1. The molecule has 0 amide bonds. The molecule has 116 valence electrons. The highest BCUT2D eigenvalue weighted by Gasteiger charge is 2.35. The lowest BCUT2D eigenvalue weighted by Gasteiger charge is -2.19. The molecule has 21 heavy (non-hydrogen) atoms. The fourth-order valence-electron chi connectivity index (χ4n) is 2.41. The van der Waals surface area contributed by atoms with Crippen LogP contribution in [0.15, 0.2) is 30.3 Å². The van der Waals surface area contributed by atoms with E-state index in [2.05, 4.69) is 17.4 Å². The summed E-state index contributed by atoms with van der Waals surface area (Å²) >= 11 is 0. The van der Waals surface area contributed by atoms with Gasteiger partial charge in [0.25, 0.3) is 0 Å². The van der Waals surface area contributed by atoms with Gasteiger partial charge in [0.15, 0.2) is 0 Å². The molecule has 0 radical (unpaired) electrons. The molecule has 2 atom stereocenters. The largest absolute Gasteiger partial charge is 0.414 e. The lowest BCUT2D eigenvalue weighted by atomic mass is 9.88. The molecule has 0 spiro atoms. The summed E-state index contributed by atoms with van der Waals surface area (Å²) < 4.78 is 21.8. The maximum absolute atomic E-state index is 5.88. The van der Waals surface area contributed by atoms with E-state index in [9.17, 15) is 0 Å². The predicted octanol–water partition coefficient (Wildman–Crippen LogP) is 1.51. The summed E-state index contributed by atoms with van der Waals surface area (Å²) in [4.78, 5) is 0. The van der Waals surface area contributed by atoms with Crippen LogP contribution in [-0.4, -0.2) is 53.3 Å². The third-order valence-electron chi connectivity index (χ3n) is 3.41. The quantitative estimate of drug-likeness (QED) is 0.552. The van der Waals surface area contributed by atoms with Gasteiger partial charge in [0, 0.05) is 7.11 Å². The van der Waals surface area contributed by atoms with Gasteiger partial charge < -0.3 is 24.1 Å². The number of hydrogen-bond acceptors (Lipinski definition) is 5. The Labute approximate surface area is 127 Å². The van der Waals surface area contributed by atoms with Crippen molar-refractivity contribution in [3.8, 4) is 0 Å². The topological polar surface area (TPSA) is 49.0 Å². The van der Waals surface area contributed by atoms with Crippen molar-refractivity contribution in [2.24, 2.45) is 0 Å². The van der Waals surface area contributed by atoms with Crippen LogP contribution in [-0.2, 0) is 18.9 Å². The van der Waals surface area contributed by atoms with Gasteiger partial charge in [-0.25, -0.2) is 0 Å². The van der Waals surface area contributed by atoms with Crippen LogP contribution in [0.3, 0.4) is 0 Å². The Bertz CT molecular complexity index is 393. The fourth-order valence-corrected chi connectivity index (χ4v) is 2.41. The van der Waals surface area contributed by atoms with Crippen LogP contribution in [0.5, 0.6) is 0 Å². The zero-order valence-electron chi connectivity index (χ0n) is 12.8. The lowest BCUT2D eigenvalue weighted by molar-refractivity contribution is 0.000438. The molecule has 1 fully saturated rings. The van der Waals surface area contributed by atoms with Gasteiger partial charge in [-0.3, -0.25) is 0 Å². The highest BCUT2D eigenvalue weighted by Crippen LogP contribution is 2.25. The van der Waals surface area contributed by atoms with Gasteiger partial charge in [-0.2, -0.15) is 0 Å². The van der Waals surface area contributed by atoms with E-state index in [0.29, 0.717) is 33.0 Å². The second kappa shape index (κ2) is 9.17. The molecule has 0 unspecified atom stereocenters. The molecule has 6 heteroatoms. The Kier molecular flexibility index (Phi) is 7.19. The van der Waals surface area contributed by atoms with Crippen LogP contribution in [0.4, 0.5) is 0 Å². The van der Waals surface area contributed by atoms with E-state index in [1.807, 2.05) is 25.0 Å². The summed E-state index contributed by atoms with van der Waals surface area (Å²) in [5, 5.41) is 3.44. The number of rotatable bonds is 9. The molecular formula is C15H24BNO4. The molecule has 1 aromatic carbocycles. The number of benzene rings is 1. The predicted molar refractivity (Wildman–Crippen MR) is 82.3 cm³/mol. The van der Waals surface area contributed by atoms with Gasteiger partial charge >= 0.3 is 7.05 Å². The van der Waals surface area contributed by atoms with E-state index in [4.69, 9.17) is 18.9 Å². The SMILES string of the molecule is COCCOCCOC[C@@H]1OB(C)N[C@@H]1c1ccccc1. The van der Waals surface area contributed by atoms with Gasteiger partial charge in [0.05, 0.1) is 45.2 Å². The van der Waals surface area contributed by atoms with Crippen LogP contribution in [0, 0.1) is 0 Å². The highest BCUT2D eigenvalue weighted by molar-refractivity contribution is 6.48. The minimum absolute atomic E-state index is 0.0291. The van der Waals surface area contributed by atoms with Crippen LogP contribution >= 0.6 is 0 Å². The minimum atomic E-state index is 0.0291. The zero-order valence-corrected chi connectivity index (χ0v) is 12.8. The van der Waals surface area contributed by atoms with Crippen LogP contribution < -0.4 is 5.23 Å². The molecule has 0 aliphatic carbocycles. The smallest absolute Gasteiger partial charge is 0.377 e. The fraction of sp³-hybridized carbons (Fsp3) is 0.600. The summed E-state index contributed by atoms with van der Waals surface area (Å²) in [5.74, 6) is 0. The summed E-state index contributed by atoms with van der Waals surface area (Å²) in [7, 11) is 1.71. The summed E-state index contributed by atoms with van der Waals surface area (Å²) in [6, 6.07) is 10.5. The number of methoxy groups -OCH3 is 1. The molecule has 5 nitrogen and oxygen atoms in total.